The van der Waals surface area contributed by atoms with Gasteiger partial charge < -0.3 is 4.74 Å². The lowest BCUT2D eigenvalue weighted by atomic mass is 10.1. The van der Waals surface area contributed by atoms with Gasteiger partial charge in [-0.1, -0.05) is 18.2 Å². The highest BCUT2D eigenvalue weighted by Crippen LogP contribution is 2.28. The van der Waals surface area contributed by atoms with E-state index in [1.807, 2.05) is 35.9 Å². The molecular weight excluding hydrogens is 396 g/mol. The SMILES string of the molecule is C=CCn1c([C@@H]2CCS(=O)(=O)C2)nn(CN(C)Cc2ccc(OC)cc2)c1=S. The predicted molar refractivity (Wildman–Crippen MR) is 112 cm³/mol. The van der Waals surface area contributed by atoms with Gasteiger partial charge in [0.1, 0.15) is 11.6 Å². The third kappa shape index (κ3) is 4.71. The van der Waals surface area contributed by atoms with E-state index in [0.29, 0.717) is 24.4 Å². The molecular formula is C19H26N4O3S2. The molecule has 1 aliphatic heterocycles. The molecule has 0 spiro atoms. The lowest BCUT2D eigenvalue weighted by Crippen LogP contribution is -2.22. The van der Waals surface area contributed by atoms with Crippen LogP contribution in [0.2, 0.25) is 0 Å². The van der Waals surface area contributed by atoms with Crippen molar-refractivity contribution in [2.45, 2.75) is 32.1 Å². The van der Waals surface area contributed by atoms with Gasteiger partial charge in [-0.25, -0.2) is 13.1 Å². The summed E-state index contributed by atoms with van der Waals surface area (Å²) in [5.41, 5.74) is 1.16. The van der Waals surface area contributed by atoms with Crippen molar-refractivity contribution in [2.24, 2.45) is 0 Å². The molecule has 0 amide bonds. The zero-order chi connectivity index (χ0) is 20.3. The predicted octanol–water partition coefficient (Wildman–Crippen LogP) is 2.60. The summed E-state index contributed by atoms with van der Waals surface area (Å²) in [5, 5.41) is 4.69. The number of nitrogens with zero attached hydrogens (tertiary/aromatic N) is 4. The molecule has 2 heterocycles. The zero-order valence-corrected chi connectivity index (χ0v) is 17.9. The first-order valence-electron chi connectivity index (χ1n) is 9.13. The van der Waals surface area contributed by atoms with Crippen LogP contribution in [0.5, 0.6) is 5.75 Å². The Balaban J connectivity index is 1.78. The van der Waals surface area contributed by atoms with Crippen LogP contribution in [0.4, 0.5) is 0 Å². The van der Waals surface area contributed by atoms with Crippen LogP contribution in [0.15, 0.2) is 36.9 Å². The summed E-state index contributed by atoms with van der Waals surface area (Å²) in [6.07, 6.45) is 2.35. The van der Waals surface area contributed by atoms with E-state index < -0.39 is 9.84 Å². The molecule has 1 aromatic carbocycles. The van der Waals surface area contributed by atoms with Gasteiger partial charge in [0.25, 0.3) is 0 Å². The van der Waals surface area contributed by atoms with E-state index in [0.717, 1.165) is 23.7 Å². The highest BCUT2D eigenvalue weighted by molar-refractivity contribution is 7.91. The Morgan fingerprint density at radius 2 is 2.11 bits per heavy atom. The Kier molecular flexibility index (Phi) is 6.36. The average molecular weight is 423 g/mol. The molecule has 1 fully saturated rings. The van der Waals surface area contributed by atoms with Gasteiger partial charge in [0.2, 0.25) is 0 Å². The summed E-state index contributed by atoms with van der Waals surface area (Å²) >= 11 is 5.61. The summed E-state index contributed by atoms with van der Waals surface area (Å²) in [4.78, 5) is 2.11. The normalized spacial score (nSPS) is 18.5. The largest absolute Gasteiger partial charge is 0.497 e. The van der Waals surface area contributed by atoms with E-state index in [-0.39, 0.29) is 17.4 Å². The summed E-state index contributed by atoms with van der Waals surface area (Å²) in [7, 11) is 0.655. The van der Waals surface area contributed by atoms with E-state index in [1.165, 1.54) is 0 Å². The van der Waals surface area contributed by atoms with Crippen molar-refractivity contribution < 1.29 is 13.2 Å². The average Bonchev–Trinajstić information content (AvgIpc) is 3.16. The van der Waals surface area contributed by atoms with Crippen LogP contribution in [0.25, 0.3) is 0 Å². The first-order valence-corrected chi connectivity index (χ1v) is 11.4. The van der Waals surface area contributed by atoms with Crippen LogP contribution in [0, 0.1) is 4.77 Å². The first-order chi connectivity index (χ1) is 13.3. The van der Waals surface area contributed by atoms with Crippen LogP contribution in [-0.2, 0) is 29.6 Å². The zero-order valence-electron chi connectivity index (χ0n) is 16.2. The van der Waals surface area contributed by atoms with Gasteiger partial charge in [0.05, 0.1) is 25.3 Å². The van der Waals surface area contributed by atoms with Crippen molar-refractivity contribution in [3.8, 4) is 5.75 Å². The maximum Gasteiger partial charge on any atom is 0.199 e. The molecule has 1 aromatic heterocycles. The van der Waals surface area contributed by atoms with E-state index in [9.17, 15) is 8.42 Å². The summed E-state index contributed by atoms with van der Waals surface area (Å²) in [6.45, 7) is 5.56. The number of methoxy groups -OCH3 is 1. The number of sulfone groups is 1. The van der Waals surface area contributed by atoms with Crippen LogP contribution < -0.4 is 4.74 Å². The maximum atomic E-state index is 11.9. The van der Waals surface area contributed by atoms with Crippen molar-refractivity contribution in [2.75, 3.05) is 25.7 Å². The van der Waals surface area contributed by atoms with Crippen molar-refractivity contribution >= 4 is 22.1 Å². The molecule has 0 radical (unpaired) electrons. The first kappa shape index (κ1) is 20.8. The fraction of sp³-hybridized carbons (Fsp3) is 0.474. The second-order valence-electron chi connectivity index (χ2n) is 7.14. The molecule has 0 saturated carbocycles. The third-order valence-corrected chi connectivity index (χ3v) is 7.05. The second-order valence-corrected chi connectivity index (χ2v) is 9.74. The molecule has 1 aliphatic rings. The Morgan fingerprint density at radius 3 is 2.68 bits per heavy atom. The fourth-order valence-corrected chi connectivity index (χ4v) is 5.48. The molecule has 0 bridgehead atoms. The fourth-order valence-electron chi connectivity index (χ4n) is 3.47. The van der Waals surface area contributed by atoms with E-state index in [1.54, 1.807) is 17.9 Å². The molecule has 3 rings (SSSR count). The quantitative estimate of drug-likeness (QED) is 0.481. The third-order valence-electron chi connectivity index (χ3n) is 4.85. The smallest absolute Gasteiger partial charge is 0.199 e. The highest BCUT2D eigenvalue weighted by Gasteiger charge is 2.33. The molecule has 2 aromatic rings. The Morgan fingerprint density at radius 1 is 1.39 bits per heavy atom. The number of ether oxygens (including phenoxy) is 1. The molecule has 1 atom stereocenters. The van der Waals surface area contributed by atoms with Crippen LogP contribution in [-0.4, -0.2) is 53.3 Å². The highest BCUT2D eigenvalue weighted by atomic mass is 32.2. The van der Waals surface area contributed by atoms with Gasteiger partial charge in [-0.15, -0.1) is 6.58 Å². The number of benzene rings is 1. The molecule has 28 heavy (non-hydrogen) atoms. The van der Waals surface area contributed by atoms with E-state index >= 15 is 0 Å². The van der Waals surface area contributed by atoms with Crippen molar-refractivity contribution in [3.63, 3.8) is 0 Å². The van der Waals surface area contributed by atoms with Crippen molar-refractivity contribution in [1.82, 2.24) is 19.2 Å². The van der Waals surface area contributed by atoms with E-state index in [4.69, 9.17) is 17.0 Å². The molecule has 1 saturated heterocycles. The van der Waals surface area contributed by atoms with Crippen molar-refractivity contribution in [1.29, 1.82) is 0 Å². The molecule has 0 N–H and O–H groups in total. The van der Waals surface area contributed by atoms with Gasteiger partial charge >= 0.3 is 0 Å². The minimum absolute atomic E-state index is 0.111. The molecule has 9 heteroatoms. The minimum Gasteiger partial charge on any atom is -0.497 e. The molecule has 152 valence electrons. The molecule has 0 aliphatic carbocycles. The number of allylic oxidation sites excluding steroid dienone is 1. The van der Waals surface area contributed by atoms with Crippen LogP contribution in [0.1, 0.15) is 23.7 Å². The van der Waals surface area contributed by atoms with Gasteiger partial charge in [-0.2, -0.15) is 5.10 Å². The number of hydrogen-bond donors (Lipinski definition) is 0. The lowest BCUT2D eigenvalue weighted by molar-refractivity contribution is 0.243. The van der Waals surface area contributed by atoms with Crippen LogP contribution in [0.3, 0.4) is 0 Å². The lowest BCUT2D eigenvalue weighted by Gasteiger charge is -2.16. The molecule has 7 nitrogen and oxygen atoms in total. The maximum absolute atomic E-state index is 11.9. The Hall–Kier alpha value is -1.97. The van der Waals surface area contributed by atoms with Gasteiger partial charge in [-0.3, -0.25) is 9.47 Å². The van der Waals surface area contributed by atoms with E-state index in [2.05, 4.69) is 16.6 Å². The van der Waals surface area contributed by atoms with Gasteiger partial charge in [-0.05, 0) is 43.4 Å². The second kappa shape index (κ2) is 8.59. The monoisotopic (exact) mass is 422 g/mol. The topological polar surface area (TPSA) is 69.4 Å². The minimum atomic E-state index is -2.99. The summed E-state index contributed by atoms with van der Waals surface area (Å²) < 4.78 is 33.2. The standard InChI is InChI=1S/C19H26N4O3S2/c1-4-10-22-18(16-9-11-28(24,25)13-16)20-23(19(22)27)14-21(2)12-15-5-7-17(26-3)8-6-15/h4-8,16H,1,9-14H2,2-3H3/t16-/m1/s1. The number of hydrogen-bond acceptors (Lipinski definition) is 6. The Labute approximate surface area is 171 Å². The Bertz CT molecular complexity index is 993. The summed E-state index contributed by atoms with van der Waals surface area (Å²) in [6, 6.07) is 7.93. The molecule has 0 unspecified atom stereocenters. The van der Waals surface area contributed by atoms with Crippen LogP contribution >= 0.6 is 12.2 Å². The van der Waals surface area contributed by atoms with Gasteiger partial charge in [0.15, 0.2) is 14.6 Å². The number of aromatic nitrogens is 3. The van der Waals surface area contributed by atoms with Crippen molar-refractivity contribution in [3.05, 3.63) is 53.1 Å². The van der Waals surface area contributed by atoms with Gasteiger partial charge in [0, 0.05) is 19.0 Å². The summed E-state index contributed by atoms with van der Waals surface area (Å²) in [5.74, 6) is 1.80. The number of rotatable bonds is 8.